The first-order chi connectivity index (χ1) is 15.5. The molecule has 1 saturated heterocycles. The van der Waals surface area contributed by atoms with E-state index in [9.17, 15) is 24.0 Å². The lowest BCUT2D eigenvalue weighted by molar-refractivity contribution is -0.305. The van der Waals surface area contributed by atoms with Gasteiger partial charge >= 0.3 is 29.8 Å². The molecule has 1 fully saturated rings. The van der Waals surface area contributed by atoms with Crippen molar-refractivity contribution in [3.63, 3.8) is 0 Å². The van der Waals surface area contributed by atoms with Crippen molar-refractivity contribution in [2.45, 2.75) is 71.2 Å². The highest BCUT2D eigenvalue weighted by Gasteiger charge is 2.52. The fraction of sp³-hybridized carbons (Fsp3) is 0.667. The summed E-state index contributed by atoms with van der Waals surface area (Å²) in [4.78, 5) is 57.6. The molecule has 12 heteroatoms. The predicted octanol–water partition coefficient (Wildman–Crippen LogP) is 0.596. The number of rotatable bonds is 11. The van der Waals surface area contributed by atoms with Gasteiger partial charge in [-0.3, -0.25) is 24.0 Å². The summed E-state index contributed by atoms with van der Waals surface area (Å²) in [5, 5.41) is 0. The van der Waals surface area contributed by atoms with Crippen LogP contribution in [0.4, 0.5) is 0 Å². The number of carbonyl (C=O) groups is 5. The molecule has 1 aliphatic heterocycles. The molecule has 1 heterocycles. The van der Waals surface area contributed by atoms with E-state index >= 15 is 0 Å². The molecule has 0 aromatic carbocycles. The number of allylic oxidation sites excluding steroid dienone is 1. The lowest BCUT2D eigenvalue weighted by Crippen LogP contribution is -2.62. The Balaban J connectivity index is 3.08. The van der Waals surface area contributed by atoms with Crippen LogP contribution in [0.25, 0.3) is 0 Å². The third kappa shape index (κ3) is 10.4. The molecule has 0 aliphatic carbocycles. The summed E-state index contributed by atoms with van der Waals surface area (Å²) in [6.45, 7) is 4.23. The molecular formula is C21H30O12. The fourth-order valence-electron chi connectivity index (χ4n) is 2.96. The van der Waals surface area contributed by atoms with Crippen LogP contribution in [0.2, 0.25) is 0 Å². The molecule has 186 valence electrons. The maximum atomic E-state index is 11.7. The van der Waals surface area contributed by atoms with Crippen molar-refractivity contribution in [3.8, 4) is 0 Å². The van der Waals surface area contributed by atoms with Gasteiger partial charge in [-0.15, -0.1) is 0 Å². The molecule has 0 amide bonds. The van der Waals surface area contributed by atoms with Gasteiger partial charge in [0.05, 0.1) is 13.7 Å². The Morgan fingerprint density at radius 2 is 1.36 bits per heavy atom. The Kier molecular flexibility index (Phi) is 12.1. The van der Waals surface area contributed by atoms with E-state index in [1.807, 2.05) is 0 Å². The second-order valence-electron chi connectivity index (χ2n) is 6.99. The minimum Gasteiger partial charge on any atom is -0.469 e. The smallest absolute Gasteiger partial charge is 0.305 e. The van der Waals surface area contributed by atoms with Gasteiger partial charge in [-0.25, -0.2) is 0 Å². The van der Waals surface area contributed by atoms with E-state index < -0.39 is 54.6 Å². The molecule has 12 nitrogen and oxygen atoms in total. The van der Waals surface area contributed by atoms with Crippen LogP contribution in [0.3, 0.4) is 0 Å². The monoisotopic (exact) mass is 474 g/mol. The molecule has 1 rings (SSSR count). The lowest BCUT2D eigenvalue weighted by atomic mass is 9.98. The molecule has 0 bridgehead atoms. The standard InChI is InChI=1S/C21H30O12/c1-12(22)29-11-16-18(30-13(2)23)19(31-14(3)24)20(32-15(4)25)21(33-16)28-10-8-6-7-9-17(26)27-5/h6,8,16,18-21H,7,9-11H2,1-5H3/b8-6+/t16-,18-,19+,20-,21+/m1/s1. The molecule has 1 aliphatic rings. The van der Waals surface area contributed by atoms with Crippen LogP contribution >= 0.6 is 0 Å². The average molecular weight is 474 g/mol. The first-order valence-electron chi connectivity index (χ1n) is 10.2. The average Bonchev–Trinajstić information content (AvgIpc) is 2.71. The number of carbonyl (C=O) groups excluding carboxylic acids is 5. The molecule has 0 aromatic rings. The van der Waals surface area contributed by atoms with Gasteiger partial charge in [0.25, 0.3) is 0 Å². The molecule has 0 N–H and O–H groups in total. The van der Waals surface area contributed by atoms with E-state index in [-0.39, 0.29) is 25.6 Å². The van der Waals surface area contributed by atoms with Gasteiger partial charge in [-0.2, -0.15) is 0 Å². The normalized spacial score (nSPS) is 24.6. The Morgan fingerprint density at radius 3 is 1.91 bits per heavy atom. The summed E-state index contributed by atoms with van der Waals surface area (Å²) < 4.78 is 36.8. The summed E-state index contributed by atoms with van der Waals surface area (Å²) in [6, 6.07) is 0. The van der Waals surface area contributed by atoms with E-state index in [0.717, 1.165) is 20.8 Å². The first-order valence-corrected chi connectivity index (χ1v) is 10.2. The molecule has 0 saturated carbocycles. The van der Waals surface area contributed by atoms with Gasteiger partial charge in [0.1, 0.15) is 12.7 Å². The summed E-state index contributed by atoms with van der Waals surface area (Å²) in [6.07, 6.45) is -2.27. The van der Waals surface area contributed by atoms with Crippen molar-refractivity contribution in [1.29, 1.82) is 0 Å². The van der Waals surface area contributed by atoms with E-state index in [2.05, 4.69) is 4.74 Å². The molecule has 0 radical (unpaired) electrons. The van der Waals surface area contributed by atoms with Crippen molar-refractivity contribution in [3.05, 3.63) is 12.2 Å². The van der Waals surface area contributed by atoms with Gasteiger partial charge in [0.2, 0.25) is 0 Å². The Hall–Kier alpha value is -2.99. The van der Waals surface area contributed by atoms with Crippen LogP contribution in [0.5, 0.6) is 0 Å². The zero-order chi connectivity index (χ0) is 25.0. The fourth-order valence-corrected chi connectivity index (χ4v) is 2.96. The van der Waals surface area contributed by atoms with E-state index in [1.54, 1.807) is 12.2 Å². The molecule has 33 heavy (non-hydrogen) atoms. The van der Waals surface area contributed by atoms with Gasteiger partial charge in [0.15, 0.2) is 24.6 Å². The van der Waals surface area contributed by atoms with Crippen molar-refractivity contribution >= 4 is 29.8 Å². The number of hydrogen-bond donors (Lipinski definition) is 0. The zero-order valence-corrected chi connectivity index (χ0v) is 19.3. The molecule has 0 spiro atoms. The predicted molar refractivity (Wildman–Crippen MR) is 108 cm³/mol. The second-order valence-corrected chi connectivity index (χ2v) is 6.99. The van der Waals surface area contributed by atoms with Crippen LogP contribution in [0.15, 0.2) is 12.2 Å². The zero-order valence-electron chi connectivity index (χ0n) is 19.3. The van der Waals surface area contributed by atoms with Crippen molar-refractivity contribution in [2.24, 2.45) is 0 Å². The second kappa shape index (κ2) is 14.2. The minimum atomic E-state index is -1.29. The van der Waals surface area contributed by atoms with Crippen LogP contribution < -0.4 is 0 Å². The maximum absolute atomic E-state index is 11.7. The molecular weight excluding hydrogens is 444 g/mol. The van der Waals surface area contributed by atoms with Crippen LogP contribution in [0, 0.1) is 0 Å². The third-order valence-corrected chi connectivity index (χ3v) is 4.21. The van der Waals surface area contributed by atoms with Crippen molar-refractivity contribution in [2.75, 3.05) is 20.3 Å². The summed E-state index contributed by atoms with van der Waals surface area (Å²) in [5.74, 6) is -3.15. The maximum Gasteiger partial charge on any atom is 0.305 e. The Labute approximate surface area is 191 Å². The van der Waals surface area contributed by atoms with Crippen LogP contribution in [-0.4, -0.2) is 80.9 Å². The summed E-state index contributed by atoms with van der Waals surface area (Å²) in [5.41, 5.74) is 0. The number of esters is 5. The summed E-state index contributed by atoms with van der Waals surface area (Å²) in [7, 11) is 1.29. The Bertz CT molecular complexity index is 731. The van der Waals surface area contributed by atoms with E-state index in [0.29, 0.717) is 6.42 Å². The van der Waals surface area contributed by atoms with Crippen LogP contribution in [0.1, 0.15) is 40.5 Å². The minimum absolute atomic E-state index is 0.0189. The lowest BCUT2D eigenvalue weighted by Gasteiger charge is -2.43. The molecule has 0 aromatic heterocycles. The largest absolute Gasteiger partial charge is 0.469 e. The highest BCUT2D eigenvalue weighted by Crippen LogP contribution is 2.30. The Morgan fingerprint density at radius 1 is 0.788 bits per heavy atom. The highest BCUT2D eigenvalue weighted by molar-refractivity contribution is 5.69. The van der Waals surface area contributed by atoms with Gasteiger partial charge in [-0.1, -0.05) is 12.2 Å². The van der Waals surface area contributed by atoms with E-state index in [4.69, 9.17) is 28.4 Å². The van der Waals surface area contributed by atoms with Gasteiger partial charge in [-0.05, 0) is 6.42 Å². The number of ether oxygens (including phenoxy) is 7. The summed E-state index contributed by atoms with van der Waals surface area (Å²) >= 11 is 0. The number of methoxy groups -OCH3 is 1. The van der Waals surface area contributed by atoms with Crippen molar-refractivity contribution < 1.29 is 57.1 Å². The van der Waals surface area contributed by atoms with E-state index in [1.165, 1.54) is 14.0 Å². The topological polar surface area (TPSA) is 150 Å². The van der Waals surface area contributed by atoms with Gasteiger partial charge < -0.3 is 33.2 Å². The van der Waals surface area contributed by atoms with Crippen molar-refractivity contribution in [1.82, 2.24) is 0 Å². The van der Waals surface area contributed by atoms with Crippen LogP contribution in [-0.2, 0) is 57.1 Å². The number of hydrogen-bond acceptors (Lipinski definition) is 12. The molecule has 5 atom stereocenters. The van der Waals surface area contributed by atoms with Gasteiger partial charge in [0, 0.05) is 34.1 Å². The SMILES string of the molecule is COC(=O)CC/C=C/CO[C@H]1O[C@H](COC(C)=O)[C@@H](OC(C)=O)[C@H](OC(C)=O)[C@H]1OC(C)=O. The highest BCUT2D eigenvalue weighted by atomic mass is 16.7. The first kappa shape index (κ1) is 28.0. The quantitative estimate of drug-likeness (QED) is 0.234. The molecule has 0 unspecified atom stereocenters. The third-order valence-electron chi connectivity index (χ3n) is 4.21.